The zero-order valence-corrected chi connectivity index (χ0v) is 20.7. The minimum absolute atomic E-state index is 0.0505. The Bertz CT molecular complexity index is 968. The van der Waals surface area contributed by atoms with Crippen LogP contribution in [-0.2, 0) is 20.9 Å². The summed E-state index contributed by atoms with van der Waals surface area (Å²) in [5, 5.41) is 15.2. The Balaban J connectivity index is 2.31. The van der Waals surface area contributed by atoms with Gasteiger partial charge in [0.15, 0.2) is 0 Å². The van der Waals surface area contributed by atoms with Crippen molar-refractivity contribution in [2.75, 3.05) is 0 Å². The molecule has 0 fully saturated rings. The molecule has 8 nitrogen and oxygen atoms in total. The lowest BCUT2D eigenvalue weighted by Crippen LogP contribution is -2.54. The molecule has 0 radical (unpaired) electrons. The molecule has 0 heterocycles. The van der Waals surface area contributed by atoms with Gasteiger partial charge in [-0.25, -0.2) is 4.79 Å². The van der Waals surface area contributed by atoms with Crippen LogP contribution in [0.5, 0.6) is 5.75 Å². The lowest BCUT2D eigenvalue weighted by Gasteiger charge is -2.36. The summed E-state index contributed by atoms with van der Waals surface area (Å²) in [6.07, 6.45) is -0.716. The first-order valence-electron chi connectivity index (χ1n) is 11.3. The Labute approximate surface area is 201 Å². The van der Waals surface area contributed by atoms with Crippen molar-refractivity contribution in [1.29, 1.82) is 0 Å². The molecule has 34 heavy (non-hydrogen) atoms. The zero-order chi connectivity index (χ0) is 25.5. The topological polar surface area (TPSA) is 108 Å². The summed E-state index contributed by atoms with van der Waals surface area (Å²) >= 11 is 0. The molecule has 2 unspecified atom stereocenters. The highest BCUT2D eigenvalue weighted by atomic mass is 16.6. The molecular formula is C26H35N3O5. The Hall–Kier alpha value is -3.55. The van der Waals surface area contributed by atoms with Gasteiger partial charge in [0.05, 0.1) is 0 Å². The maximum atomic E-state index is 13.5. The number of phenolic OH excluding ortho intramolecular Hbond substituents is 1. The molecular weight excluding hydrogens is 434 g/mol. The average Bonchev–Trinajstić information content (AvgIpc) is 2.75. The van der Waals surface area contributed by atoms with E-state index in [2.05, 4.69) is 10.6 Å². The van der Waals surface area contributed by atoms with Crippen molar-refractivity contribution in [1.82, 2.24) is 15.5 Å². The third kappa shape index (κ3) is 7.79. The summed E-state index contributed by atoms with van der Waals surface area (Å²) in [4.78, 5) is 40.5. The first kappa shape index (κ1) is 26.7. The Kier molecular flexibility index (Phi) is 9.06. The van der Waals surface area contributed by atoms with Crippen molar-refractivity contribution >= 4 is 17.9 Å². The first-order chi connectivity index (χ1) is 15.9. The number of alkyl carbamates (subject to hydrolysis) is 1. The maximum absolute atomic E-state index is 13.5. The molecule has 0 aromatic heterocycles. The van der Waals surface area contributed by atoms with Gasteiger partial charge in [0, 0.05) is 12.6 Å². The zero-order valence-electron chi connectivity index (χ0n) is 20.7. The molecule has 184 valence electrons. The van der Waals surface area contributed by atoms with Gasteiger partial charge in [0.2, 0.25) is 11.8 Å². The van der Waals surface area contributed by atoms with E-state index in [0.29, 0.717) is 12.1 Å². The van der Waals surface area contributed by atoms with E-state index in [-0.39, 0.29) is 17.7 Å². The number of nitrogens with zero attached hydrogens (tertiary/aromatic N) is 1. The quantitative estimate of drug-likeness (QED) is 0.543. The van der Waals surface area contributed by atoms with Crippen LogP contribution in [-0.4, -0.2) is 45.6 Å². The minimum Gasteiger partial charge on any atom is -0.508 e. The first-order valence-corrected chi connectivity index (χ1v) is 11.3. The molecule has 2 aromatic rings. The van der Waals surface area contributed by atoms with Crippen LogP contribution in [0.15, 0.2) is 54.6 Å². The van der Waals surface area contributed by atoms with Crippen molar-refractivity contribution in [2.45, 2.75) is 71.8 Å². The predicted molar refractivity (Wildman–Crippen MR) is 130 cm³/mol. The van der Waals surface area contributed by atoms with Crippen LogP contribution in [0.25, 0.3) is 0 Å². The normalized spacial score (nSPS) is 13.0. The number of carbonyl (C=O) groups is 3. The van der Waals surface area contributed by atoms with Crippen LogP contribution in [0.1, 0.15) is 58.7 Å². The Morgan fingerprint density at radius 3 is 2.09 bits per heavy atom. The summed E-state index contributed by atoms with van der Waals surface area (Å²) in [6.45, 7) is 10.6. The van der Waals surface area contributed by atoms with Crippen LogP contribution in [0, 0.1) is 0 Å². The van der Waals surface area contributed by atoms with E-state index in [1.54, 1.807) is 53.7 Å². The van der Waals surface area contributed by atoms with Gasteiger partial charge in [-0.15, -0.1) is 0 Å². The molecule has 0 saturated carbocycles. The van der Waals surface area contributed by atoms with E-state index in [1.807, 2.05) is 30.3 Å². The summed E-state index contributed by atoms with van der Waals surface area (Å²) in [6, 6.07) is 13.3. The lowest BCUT2D eigenvalue weighted by molar-refractivity contribution is -0.144. The van der Waals surface area contributed by atoms with E-state index in [9.17, 15) is 19.5 Å². The standard InChI is InChI=1S/C26H35N3O5/c1-17(2)29(24(32)18(3)28-25(33)34-26(4,5)6)22(20-12-14-21(30)15-13-20)23(31)27-16-19-10-8-7-9-11-19/h7-15,17-18,22,30H,16H2,1-6H3,(H,27,31)(H,28,33). The summed E-state index contributed by atoms with van der Waals surface area (Å²) < 4.78 is 5.26. The fourth-order valence-corrected chi connectivity index (χ4v) is 3.43. The van der Waals surface area contributed by atoms with E-state index in [4.69, 9.17) is 4.74 Å². The Morgan fingerprint density at radius 1 is 0.971 bits per heavy atom. The van der Waals surface area contributed by atoms with Gasteiger partial charge in [-0.1, -0.05) is 42.5 Å². The summed E-state index contributed by atoms with van der Waals surface area (Å²) in [7, 11) is 0. The Morgan fingerprint density at radius 2 is 1.56 bits per heavy atom. The minimum atomic E-state index is -0.973. The summed E-state index contributed by atoms with van der Waals surface area (Å²) in [5.74, 6) is -0.760. The molecule has 2 rings (SSSR count). The second-order valence-electron chi connectivity index (χ2n) is 9.40. The van der Waals surface area contributed by atoms with Gasteiger partial charge in [-0.2, -0.15) is 0 Å². The molecule has 3 amide bonds. The van der Waals surface area contributed by atoms with E-state index < -0.39 is 29.7 Å². The molecule has 0 spiro atoms. The van der Waals surface area contributed by atoms with Crippen LogP contribution in [0.2, 0.25) is 0 Å². The second kappa shape index (κ2) is 11.5. The highest BCUT2D eigenvalue weighted by Crippen LogP contribution is 2.26. The van der Waals surface area contributed by atoms with Crippen molar-refractivity contribution in [2.24, 2.45) is 0 Å². The number of hydrogen-bond acceptors (Lipinski definition) is 5. The number of nitrogens with one attached hydrogen (secondary N) is 2. The number of ether oxygens (including phenoxy) is 1. The molecule has 0 aliphatic heterocycles. The van der Waals surface area contributed by atoms with Crippen molar-refractivity contribution in [3.05, 3.63) is 65.7 Å². The number of phenols is 1. The molecule has 2 aromatic carbocycles. The average molecular weight is 470 g/mol. The second-order valence-corrected chi connectivity index (χ2v) is 9.40. The van der Waals surface area contributed by atoms with Gasteiger partial charge in [0.1, 0.15) is 23.4 Å². The maximum Gasteiger partial charge on any atom is 0.408 e. The smallest absolute Gasteiger partial charge is 0.408 e. The van der Waals surface area contributed by atoms with Crippen LogP contribution in [0.4, 0.5) is 4.79 Å². The summed E-state index contributed by atoms with van der Waals surface area (Å²) in [5.41, 5.74) is 0.744. The van der Waals surface area contributed by atoms with Crippen molar-refractivity contribution in [3.63, 3.8) is 0 Å². The van der Waals surface area contributed by atoms with Gasteiger partial charge >= 0.3 is 6.09 Å². The van der Waals surface area contributed by atoms with E-state index in [0.717, 1.165) is 5.56 Å². The molecule has 3 N–H and O–H groups in total. The number of carbonyl (C=O) groups excluding carboxylic acids is 3. The highest BCUT2D eigenvalue weighted by molar-refractivity contribution is 5.92. The van der Waals surface area contributed by atoms with Gasteiger partial charge in [-0.3, -0.25) is 9.59 Å². The fourth-order valence-electron chi connectivity index (χ4n) is 3.43. The van der Waals surface area contributed by atoms with E-state index in [1.165, 1.54) is 17.0 Å². The number of amides is 3. The van der Waals surface area contributed by atoms with Gasteiger partial charge in [0.25, 0.3) is 0 Å². The van der Waals surface area contributed by atoms with E-state index >= 15 is 0 Å². The number of benzene rings is 2. The third-order valence-corrected chi connectivity index (χ3v) is 4.96. The molecule has 8 heteroatoms. The molecule has 0 bridgehead atoms. The number of aromatic hydroxyl groups is 1. The third-order valence-electron chi connectivity index (χ3n) is 4.96. The van der Waals surface area contributed by atoms with Gasteiger partial charge < -0.3 is 25.4 Å². The lowest BCUT2D eigenvalue weighted by atomic mass is 10.0. The number of hydrogen-bond donors (Lipinski definition) is 3. The highest BCUT2D eigenvalue weighted by Gasteiger charge is 2.36. The van der Waals surface area contributed by atoms with Crippen LogP contribution >= 0.6 is 0 Å². The molecule has 2 atom stereocenters. The van der Waals surface area contributed by atoms with Crippen molar-refractivity contribution in [3.8, 4) is 5.75 Å². The fraction of sp³-hybridized carbons (Fsp3) is 0.423. The largest absolute Gasteiger partial charge is 0.508 e. The predicted octanol–water partition coefficient (Wildman–Crippen LogP) is 3.90. The number of rotatable bonds is 8. The van der Waals surface area contributed by atoms with Crippen LogP contribution < -0.4 is 10.6 Å². The monoisotopic (exact) mass is 469 g/mol. The molecule has 0 aliphatic carbocycles. The van der Waals surface area contributed by atoms with Gasteiger partial charge in [-0.05, 0) is 64.8 Å². The van der Waals surface area contributed by atoms with Crippen molar-refractivity contribution < 1.29 is 24.2 Å². The molecule has 0 saturated heterocycles. The van der Waals surface area contributed by atoms with Crippen LogP contribution in [0.3, 0.4) is 0 Å². The molecule has 0 aliphatic rings. The SMILES string of the molecule is CC(NC(=O)OC(C)(C)C)C(=O)N(C(C)C)C(C(=O)NCc1ccccc1)c1ccc(O)cc1.